The van der Waals surface area contributed by atoms with Crippen LogP contribution in [-0.4, -0.2) is 11.1 Å². The lowest BCUT2D eigenvalue weighted by atomic mass is 9.74. The van der Waals surface area contributed by atoms with Gasteiger partial charge in [-0.3, -0.25) is 4.79 Å². The Morgan fingerprint density at radius 1 is 0.867 bits per heavy atom. The number of rotatable bonds is 9. The highest BCUT2D eigenvalue weighted by atomic mass is 19.2. The number of carboxylic acid groups (broad SMARTS) is 1. The van der Waals surface area contributed by atoms with Crippen LogP contribution in [0.1, 0.15) is 82.6 Å². The second-order valence-electron chi connectivity index (χ2n) is 9.56. The summed E-state index contributed by atoms with van der Waals surface area (Å²) < 4.78 is 26.4. The van der Waals surface area contributed by atoms with Crippen molar-refractivity contribution < 1.29 is 18.7 Å². The third-order valence-electron chi connectivity index (χ3n) is 7.37. The van der Waals surface area contributed by atoms with Crippen molar-refractivity contribution in [3.05, 3.63) is 47.5 Å². The van der Waals surface area contributed by atoms with Crippen LogP contribution >= 0.6 is 0 Å². The average molecular weight is 419 g/mol. The van der Waals surface area contributed by atoms with E-state index in [2.05, 4.69) is 6.08 Å². The molecule has 30 heavy (non-hydrogen) atoms. The van der Waals surface area contributed by atoms with Gasteiger partial charge < -0.3 is 5.11 Å². The smallest absolute Gasteiger partial charge is 0.307 e. The highest BCUT2D eigenvalue weighted by Crippen LogP contribution is 2.38. The Labute approximate surface area is 179 Å². The van der Waals surface area contributed by atoms with Gasteiger partial charge in [-0.15, -0.1) is 0 Å². The molecule has 0 heterocycles. The first-order valence-corrected chi connectivity index (χ1v) is 11.8. The van der Waals surface area contributed by atoms with E-state index in [1.807, 2.05) is 6.08 Å². The van der Waals surface area contributed by atoms with Crippen LogP contribution in [0.15, 0.2) is 30.4 Å². The number of hydrogen-bond donors (Lipinski definition) is 1. The van der Waals surface area contributed by atoms with Gasteiger partial charge in [0.25, 0.3) is 0 Å². The van der Waals surface area contributed by atoms with Crippen molar-refractivity contribution in [2.24, 2.45) is 23.7 Å². The van der Waals surface area contributed by atoms with Crippen LogP contribution in [0, 0.1) is 35.3 Å². The molecule has 1 aromatic rings. The molecule has 0 radical (unpaired) electrons. The summed E-state index contributed by atoms with van der Waals surface area (Å²) in [5, 5.41) is 8.72. The molecule has 3 rings (SSSR count). The van der Waals surface area contributed by atoms with E-state index in [-0.39, 0.29) is 6.42 Å². The summed E-state index contributed by atoms with van der Waals surface area (Å²) in [7, 11) is 0. The van der Waals surface area contributed by atoms with Crippen molar-refractivity contribution in [2.75, 3.05) is 0 Å². The molecule has 0 unspecified atom stereocenters. The normalized spacial score (nSPS) is 27.4. The minimum Gasteiger partial charge on any atom is -0.481 e. The first-order valence-electron chi connectivity index (χ1n) is 11.8. The maximum Gasteiger partial charge on any atom is 0.307 e. The Bertz CT molecular complexity index is 699. The minimum absolute atomic E-state index is 0.142. The van der Waals surface area contributed by atoms with Gasteiger partial charge in [0.1, 0.15) is 0 Å². The summed E-state index contributed by atoms with van der Waals surface area (Å²) in [5.74, 6) is 0.758. The fourth-order valence-corrected chi connectivity index (χ4v) is 5.38. The van der Waals surface area contributed by atoms with Gasteiger partial charge in [0.15, 0.2) is 11.6 Å². The monoisotopic (exact) mass is 418 g/mol. The summed E-state index contributed by atoms with van der Waals surface area (Å²) in [6.07, 6.45) is 18.8. The number of carboxylic acids is 1. The Morgan fingerprint density at radius 2 is 1.43 bits per heavy atom. The van der Waals surface area contributed by atoms with E-state index in [4.69, 9.17) is 5.11 Å². The third kappa shape index (κ3) is 7.52. The number of halogens is 2. The van der Waals surface area contributed by atoms with Gasteiger partial charge in [-0.05, 0) is 79.9 Å². The summed E-state index contributed by atoms with van der Waals surface area (Å²) in [6.45, 7) is 0. The first kappa shape index (κ1) is 23.0. The molecule has 2 saturated carbocycles. The number of aliphatic carboxylic acids is 1. The molecule has 0 bridgehead atoms. The molecule has 1 aromatic carbocycles. The maximum absolute atomic E-state index is 13.3. The molecule has 2 aliphatic rings. The highest BCUT2D eigenvalue weighted by Gasteiger charge is 2.24. The minimum atomic E-state index is -0.762. The summed E-state index contributed by atoms with van der Waals surface area (Å²) in [6, 6.07) is 4.29. The van der Waals surface area contributed by atoms with Crippen molar-refractivity contribution in [3.8, 4) is 0 Å². The van der Waals surface area contributed by atoms with Crippen molar-refractivity contribution in [3.63, 3.8) is 0 Å². The van der Waals surface area contributed by atoms with Crippen LogP contribution in [-0.2, 0) is 11.2 Å². The average Bonchev–Trinajstić information content (AvgIpc) is 2.74. The third-order valence-corrected chi connectivity index (χ3v) is 7.37. The molecule has 1 N–H and O–H groups in total. The molecule has 4 heteroatoms. The SMILES string of the molecule is O=C(O)CC=CC1CCC(CCC2CCC(CCc3ccc(F)c(F)c3)CC2)CC1. The number of hydrogen-bond acceptors (Lipinski definition) is 1. The molecule has 0 aromatic heterocycles. The fourth-order valence-electron chi connectivity index (χ4n) is 5.38. The van der Waals surface area contributed by atoms with Crippen LogP contribution in [0.2, 0.25) is 0 Å². The van der Waals surface area contributed by atoms with Crippen LogP contribution in [0.4, 0.5) is 8.78 Å². The van der Waals surface area contributed by atoms with Crippen LogP contribution in [0.3, 0.4) is 0 Å². The zero-order valence-corrected chi connectivity index (χ0v) is 18.0. The quantitative estimate of drug-likeness (QED) is 0.427. The van der Waals surface area contributed by atoms with E-state index < -0.39 is 17.6 Å². The maximum atomic E-state index is 13.3. The second-order valence-corrected chi connectivity index (χ2v) is 9.56. The lowest BCUT2D eigenvalue weighted by Crippen LogP contribution is -2.18. The molecule has 0 saturated heterocycles. The molecular weight excluding hydrogens is 382 g/mol. The number of carbonyl (C=O) groups is 1. The predicted molar refractivity (Wildman–Crippen MR) is 116 cm³/mol. The van der Waals surface area contributed by atoms with Gasteiger partial charge >= 0.3 is 5.97 Å². The van der Waals surface area contributed by atoms with Gasteiger partial charge in [0.2, 0.25) is 0 Å². The first-order chi connectivity index (χ1) is 14.5. The summed E-state index contributed by atoms with van der Waals surface area (Å²) in [5.41, 5.74) is 0.907. The highest BCUT2D eigenvalue weighted by molar-refractivity contribution is 5.68. The van der Waals surface area contributed by atoms with E-state index in [0.29, 0.717) is 5.92 Å². The Balaban J connectivity index is 1.28. The van der Waals surface area contributed by atoms with Crippen LogP contribution in [0.5, 0.6) is 0 Å². The Morgan fingerprint density at radius 3 is 2.00 bits per heavy atom. The van der Waals surface area contributed by atoms with Gasteiger partial charge in [0.05, 0.1) is 6.42 Å². The van der Waals surface area contributed by atoms with E-state index in [9.17, 15) is 13.6 Å². The Hall–Kier alpha value is -1.71. The van der Waals surface area contributed by atoms with E-state index in [1.54, 1.807) is 6.07 Å². The predicted octanol–water partition coefficient (Wildman–Crippen LogP) is 7.32. The lowest BCUT2D eigenvalue weighted by molar-refractivity contribution is -0.136. The summed E-state index contributed by atoms with van der Waals surface area (Å²) >= 11 is 0. The Kier molecular flexibility index (Phi) is 8.89. The second kappa shape index (κ2) is 11.6. The molecule has 2 aliphatic carbocycles. The number of allylic oxidation sites excluding steroid dienone is 1. The number of aryl methyl sites for hydroxylation is 1. The zero-order chi connectivity index (χ0) is 21.3. The topological polar surface area (TPSA) is 37.3 Å². The van der Waals surface area contributed by atoms with E-state index in [0.717, 1.165) is 36.2 Å². The molecule has 0 spiro atoms. The standard InChI is InChI=1S/C26H36F2O2/c27-24-17-16-23(18-25(24)28)15-14-22-12-10-21(11-13-22)9-8-20-6-4-19(5-7-20)2-1-3-26(29)30/h1-2,16-22H,3-15H2,(H,29,30). The van der Waals surface area contributed by atoms with Crippen molar-refractivity contribution in [1.29, 1.82) is 0 Å². The molecule has 0 amide bonds. The van der Waals surface area contributed by atoms with Crippen LogP contribution < -0.4 is 0 Å². The van der Waals surface area contributed by atoms with Gasteiger partial charge in [0, 0.05) is 0 Å². The van der Waals surface area contributed by atoms with Crippen molar-refractivity contribution in [1.82, 2.24) is 0 Å². The summed E-state index contributed by atoms with van der Waals surface area (Å²) in [4.78, 5) is 10.6. The van der Waals surface area contributed by atoms with Gasteiger partial charge in [-0.2, -0.15) is 0 Å². The fraction of sp³-hybridized carbons (Fsp3) is 0.654. The van der Waals surface area contributed by atoms with Gasteiger partial charge in [-0.25, -0.2) is 8.78 Å². The van der Waals surface area contributed by atoms with E-state index in [1.165, 1.54) is 76.3 Å². The zero-order valence-electron chi connectivity index (χ0n) is 18.0. The molecule has 0 atom stereocenters. The lowest BCUT2D eigenvalue weighted by Gasteiger charge is -2.31. The molecule has 2 fully saturated rings. The largest absolute Gasteiger partial charge is 0.481 e. The van der Waals surface area contributed by atoms with Crippen molar-refractivity contribution in [2.45, 2.75) is 83.5 Å². The van der Waals surface area contributed by atoms with Crippen molar-refractivity contribution >= 4 is 5.97 Å². The van der Waals surface area contributed by atoms with E-state index >= 15 is 0 Å². The number of benzene rings is 1. The molecule has 0 aliphatic heterocycles. The molecule has 166 valence electrons. The molecule has 2 nitrogen and oxygen atoms in total. The van der Waals surface area contributed by atoms with Crippen LogP contribution in [0.25, 0.3) is 0 Å². The molecular formula is C26H36F2O2. The van der Waals surface area contributed by atoms with Gasteiger partial charge in [-0.1, -0.05) is 56.7 Å².